The molecule has 3 heterocycles. The molecule has 0 radical (unpaired) electrons. The van der Waals surface area contributed by atoms with Crippen LogP contribution < -0.4 is 4.90 Å². The molecule has 1 aliphatic rings. The molecule has 0 atom stereocenters. The fraction of sp³-hybridized carbons (Fsp3) is 0.350. The van der Waals surface area contributed by atoms with Crippen LogP contribution in [0, 0.1) is 0 Å². The Morgan fingerprint density at radius 3 is 2.68 bits per heavy atom. The van der Waals surface area contributed by atoms with Crippen molar-refractivity contribution in [2.75, 3.05) is 25.0 Å². The number of rotatable bonds is 8. The van der Waals surface area contributed by atoms with Crippen LogP contribution in [-0.4, -0.2) is 57.9 Å². The Morgan fingerprint density at radius 1 is 1.29 bits per heavy atom. The highest BCUT2D eigenvalue weighted by Crippen LogP contribution is 2.21. The molecule has 28 heavy (non-hydrogen) atoms. The second kappa shape index (κ2) is 9.07. The number of carbonyl (C=O) groups is 1. The SMILES string of the molecule is C=N/C=C(\C=C/C)N(C)Cc1cc(-c2cnc(N3CCCC3)cn2)nn1C=O. The summed E-state index contributed by atoms with van der Waals surface area (Å²) in [6.07, 6.45) is 12.1. The lowest BCUT2D eigenvalue weighted by molar-refractivity contribution is 0.411. The molecule has 1 saturated heterocycles. The lowest BCUT2D eigenvalue weighted by atomic mass is 10.2. The van der Waals surface area contributed by atoms with Crippen LogP contribution in [0.4, 0.5) is 5.82 Å². The fourth-order valence-electron chi connectivity index (χ4n) is 3.20. The molecule has 2 aromatic heterocycles. The number of hydrogen-bond acceptors (Lipinski definition) is 7. The number of carbonyl (C=O) groups excluding carboxylic acids is 1. The predicted molar refractivity (Wildman–Crippen MR) is 111 cm³/mol. The molecule has 0 spiro atoms. The van der Waals surface area contributed by atoms with Crippen molar-refractivity contribution in [3.63, 3.8) is 0 Å². The van der Waals surface area contributed by atoms with Crippen molar-refractivity contribution in [1.29, 1.82) is 0 Å². The summed E-state index contributed by atoms with van der Waals surface area (Å²) in [4.78, 5) is 28.5. The number of likely N-dealkylation sites (N-methyl/N-ethyl adjacent to an activating group) is 1. The van der Waals surface area contributed by atoms with E-state index in [0.29, 0.717) is 24.3 Å². The zero-order valence-electron chi connectivity index (χ0n) is 16.3. The van der Waals surface area contributed by atoms with Crippen molar-refractivity contribution in [2.24, 2.45) is 4.99 Å². The molecule has 8 nitrogen and oxygen atoms in total. The van der Waals surface area contributed by atoms with Crippen molar-refractivity contribution in [2.45, 2.75) is 26.3 Å². The lowest BCUT2D eigenvalue weighted by Gasteiger charge is -2.19. The van der Waals surface area contributed by atoms with Crippen molar-refractivity contribution >= 4 is 18.9 Å². The van der Waals surface area contributed by atoms with Crippen LogP contribution >= 0.6 is 0 Å². The van der Waals surface area contributed by atoms with E-state index < -0.39 is 0 Å². The van der Waals surface area contributed by atoms with Crippen LogP contribution in [0.3, 0.4) is 0 Å². The topological polar surface area (TPSA) is 79.5 Å². The maximum Gasteiger partial charge on any atom is 0.234 e. The van der Waals surface area contributed by atoms with Gasteiger partial charge in [-0.25, -0.2) is 14.6 Å². The number of aliphatic imine (C=N–C) groups is 1. The third kappa shape index (κ3) is 4.33. The van der Waals surface area contributed by atoms with Gasteiger partial charge in [0, 0.05) is 26.3 Å². The van der Waals surface area contributed by atoms with E-state index in [-0.39, 0.29) is 0 Å². The zero-order chi connectivity index (χ0) is 19.9. The van der Waals surface area contributed by atoms with Crippen molar-refractivity contribution in [3.05, 3.63) is 48.2 Å². The van der Waals surface area contributed by atoms with E-state index in [4.69, 9.17) is 0 Å². The molecule has 146 valence electrons. The Labute approximate surface area is 164 Å². The summed E-state index contributed by atoms with van der Waals surface area (Å²) in [5.41, 5.74) is 2.89. The number of aromatic nitrogens is 4. The fourth-order valence-corrected chi connectivity index (χ4v) is 3.20. The Kier molecular flexibility index (Phi) is 6.31. The first-order valence-corrected chi connectivity index (χ1v) is 9.27. The van der Waals surface area contributed by atoms with Gasteiger partial charge in [0.05, 0.1) is 30.3 Å². The standard InChI is InChI=1S/C20H25N7O/c1-4-7-16(11-21-2)25(3)14-17-10-18(24-27(17)15-28)19-12-23-20(13-22-19)26-8-5-6-9-26/h4,7,10-13,15H,2,5-6,8-9,14H2,1,3H3/b7-4-,16-11+. The van der Waals surface area contributed by atoms with Gasteiger partial charge in [0.1, 0.15) is 17.2 Å². The Morgan fingerprint density at radius 2 is 2.07 bits per heavy atom. The van der Waals surface area contributed by atoms with Crippen LogP contribution in [-0.2, 0) is 11.3 Å². The molecular formula is C20H25N7O. The van der Waals surface area contributed by atoms with Gasteiger partial charge in [0.15, 0.2) is 0 Å². The Hall–Kier alpha value is -3.29. The smallest absolute Gasteiger partial charge is 0.234 e. The van der Waals surface area contributed by atoms with Crippen LogP contribution in [0.25, 0.3) is 11.4 Å². The molecule has 2 aromatic rings. The summed E-state index contributed by atoms with van der Waals surface area (Å²) in [6, 6.07) is 1.86. The molecule has 0 amide bonds. The molecule has 8 heteroatoms. The second-order valence-corrected chi connectivity index (χ2v) is 6.62. The third-order valence-corrected chi connectivity index (χ3v) is 4.64. The third-order valence-electron chi connectivity index (χ3n) is 4.64. The first-order chi connectivity index (χ1) is 13.7. The molecule has 0 aromatic carbocycles. The first kappa shape index (κ1) is 19.5. The van der Waals surface area contributed by atoms with E-state index in [1.54, 1.807) is 18.6 Å². The number of nitrogens with zero attached hydrogens (tertiary/aromatic N) is 7. The van der Waals surface area contributed by atoms with E-state index in [2.05, 4.69) is 31.7 Å². The van der Waals surface area contributed by atoms with E-state index >= 15 is 0 Å². The summed E-state index contributed by atoms with van der Waals surface area (Å²) >= 11 is 0. The van der Waals surface area contributed by atoms with Gasteiger partial charge >= 0.3 is 0 Å². The summed E-state index contributed by atoms with van der Waals surface area (Å²) in [7, 11) is 1.92. The van der Waals surface area contributed by atoms with Gasteiger partial charge in [-0.15, -0.1) is 0 Å². The molecule has 3 rings (SSSR count). The molecule has 1 aliphatic heterocycles. The van der Waals surface area contributed by atoms with Gasteiger partial charge in [-0.2, -0.15) is 5.10 Å². The molecule has 0 saturated carbocycles. The van der Waals surface area contributed by atoms with Gasteiger partial charge in [0.2, 0.25) is 6.41 Å². The van der Waals surface area contributed by atoms with Gasteiger partial charge in [-0.1, -0.05) is 6.08 Å². The van der Waals surface area contributed by atoms with E-state index in [9.17, 15) is 4.79 Å². The lowest BCUT2D eigenvalue weighted by Crippen LogP contribution is -2.19. The Balaban J connectivity index is 1.81. The molecule has 1 fully saturated rings. The van der Waals surface area contributed by atoms with Gasteiger partial charge < -0.3 is 9.80 Å². The van der Waals surface area contributed by atoms with E-state index in [1.165, 1.54) is 17.5 Å². The molecule has 0 aliphatic carbocycles. The minimum Gasteiger partial charge on any atom is -0.367 e. The second-order valence-electron chi connectivity index (χ2n) is 6.62. The van der Waals surface area contributed by atoms with Crippen LogP contribution in [0.2, 0.25) is 0 Å². The van der Waals surface area contributed by atoms with Crippen molar-refractivity contribution in [3.8, 4) is 11.4 Å². The first-order valence-electron chi connectivity index (χ1n) is 9.27. The van der Waals surface area contributed by atoms with E-state index in [1.807, 2.05) is 37.1 Å². The highest BCUT2D eigenvalue weighted by Gasteiger charge is 2.16. The van der Waals surface area contributed by atoms with E-state index in [0.717, 1.165) is 30.3 Å². The summed E-state index contributed by atoms with van der Waals surface area (Å²) in [6.45, 7) is 7.96. The van der Waals surface area contributed by atoms with Gasteiger partial charge in [-0.05, 0) is 38.6 Å². The maximum absolute atomic E-state index is 11.5. The van der Waals surface area contributed by atoms with Crippen molar-refractivity contribution in [1.82, 2.24) is 24.6 Å². The monoisotopic (exact) mass is 379 g/mol. The zero-order valence-corrected chi connectivity index (χ0v) is 16.3. The number of anilines is 1. The highest BCUT2D eigenvalue weighted by atomic mass is 16.1. The average Bonchev–Trinajstić information content (AvgIpc) is 3.38. The average molecular weight is 379 g/mol. The summed E-state index contributed by atoms with van der Waals surface area (Å²) in [5.74, 6) is 0.883. The van der Waals surface area contributed by atoms with Gasteiger partial charge in [0.25, 0.3) is 0 Å². The van der Waals surface area contributed by atoms with Crippen LogP contribution in [0.15, 0.2) is 47.5 Å². The summed E-state index contributed by atoms with van der Waals surface area (Å²) < 4.78 is 1.33. The van der Waals surface area contributed by atoms with Crippen molar-refractivity contribution < 1.29 is 4.79 Å². The summed E-state index contributed by atoms with van der Waals surface area (Å²) in [5, 5.41) is 4.36. The quantitative estimate of drug-likeness (QED) is 0.398. The molecule has 0 unspecified atom stereocenters. The predicted octanol–water partition coefficient (Wildman–Crippen LogP) is 2.53. The maximum atomic E-state index is 11.5. The van der Waals surface area contributed by atoms with Crippen LogP contribution in [0.1, 0.15) is 25.5 Å². The molecular weight excluding hydrogens is 354 g/mol. The minimum atomic E-state index is 0.483. The minimum absolute atomic E-state index is 0.483. The molecule has 0 bridgehead atoms. The number of allylic oxidation sites excluding steroid dienone is 2. The van der Waals surface area contributed by atoms with Gasteiger partial charge in [-0.3, -0.25) is 9.79 Å². The largest absolute Gasteiger partial charge is 0.367 e. The normalized spacial score (nSPS) is 14.6. The van der Waals surface area contributed by atoms with Crippen LogP contribution in [0.5, 0.6) is 0 Å². The Bertz CT molecular complexity index is 876. The highest BCUT2D eigenvalue weighted by molar-refractivity contribution is 5.60. The molecule has 0 N–H and O–H groups in total. The number of hydrogen-bond donors (Lipinski definition) is 0.